The summed E-state index contributed by atoms with van der Waals surface area (Å²) >= 11 is 0. The van der Waals surface area contributed by atoms with Gasteiger partial charge in [-0.15, -0.1) is 0 Å². The Morgan fingerprint density at radius 3 is 2.70 bits per heavy atom. The lowest BCUT2D eigenvalue weighted by molar-refractivity contribution is -0.139. The number of unbranched alkanes of at least 4 members (excludes halogenated alkanes) is 1. The van der Waals surface area contributed by atoms with Crippen molar-refractivity contribution >= 4 is 16.0 Å². The summed E-state index contributed by atoms with van der Waals surface area (Å²) in [5.41, 5.74) is 0.331. The third-order valence-electron chi connectivity index (χ3n) is 3.32. The SMILES string of the molecule is CCCC[C@H](NS(=O)(=O)c1ccccc1-c1ccno1)C(=O)O. The molecule has 2 aromatic rings. The second-order valence-corrected chi connectivity index (χ2v) is 6.71. The number of nitrogens with zero attached hydrogens (tertiary/aromatic N) is 1. The Kier molecular flexibility index (Phi) is 5.51. The Labute approximate surface area is 134 Å². The van der Waals surface area contributed by atoms with Crippen LogP contribution >= 0.6 is 0 Å². The van der Waals surface area contributed by atoms with E-state index in [0.29, 0.717) is 17.7 Å². The lowest BCUT2D eigenvalue weighted by Gasteiger charge is -2.15. The van der Waals surface area contributed by atoms with Crippen LogP contribution in [0.3, 0.4) is 0 Å². The molecule has 0 saturated heterocycles. The van der Waals surface area contributed by atoms with Crippen LogP contribution in [-0.2, 0) is 14.8 Å². The van der Waals surface area contributed by atoms with Crippen molar-refractivity contribution < 1.29 is 22.8 Å². The molecule has 0 bridgehead atoms. The summed E-state index contributed by atoms with van der Waals surface area (Å²) in [7, 11) is -4.01. The van der Waals surface area contributed by atoms with Gasteiger partial charge in [0.1, 0.15) is 6.04 Å². The highest BCUT2D eigenvalue weighted by atomic mass is 32.2. The average Bonchev–Trinajstić information content (AvgIpc) is 3.05. The van der Waals surface area contributed by atoms with E-state index in [4.69, 9.17) is 4.52 Å². The molecule has 124 valence electrons. The van der Waals surface area contributed by atoms with Crippen LogP contribution in [0.4, 0.5) is 0 Å². The Morgan fingerprint density at radius 2 is 2.09 bits per heavy atom. The van der Waals surface area contributed by atoms with E-state index in [1.165, 1.54) is 12.3 Å². The first-order valence-electron chi connectivity index (χ1n) is 7.21. The van der Waals surface area contributed by atoms with Gasteiger partial charge in [-0.25, -0.2) is 8.42 Å². The molecule has 0 saturated carbocycles. The molecule has 0 unspecified atom stereocenters. The van der Waals surface area contributed by atoms with Crippen molar-refractivity contribution in [3.63, 3.8) is 0 Å². The van der Waals surface area contributed by atoms with Gasteiger partial charge in [0.15, 0.2) is 5.76 Å². The lowest BCUT2D eigenvalue weighted by atomic mass is 10.1. The van der Waals surface area contributed by atoms with E-state index in [0.717, 1.165) is 6.42 Å². The number of carboxylic acids is 1. The van der Waals surface area contributed by atoms with E-state index in [1.807, 2.05) is 6.92 Å². The highest BCUT2D eigenvalue weighted by Crippen LogP contribution is 2.27. The van der Waals surface area contributed by atoms with Crippen LogP contribution in [0.25, 0.3) is 11.3 Å². The van der Waals surface area contributed by atoms with Gasteiger partial charge in [0.2, 0.25) is 10.0 Å². The number of hydrogen-bond acceptors (Lipinski definition) is 5. The Balaban J connectivity index is 2.35. The molecular formula is C15H18N2O5S. The van der Waals surface area contributed by atoms with Crippen LogP contribution in [-0.4, -0.2) is 30.7 Å². The number of carboxylic acid groups (broad SMARTS) is 1. The van der Waals surface area contributed by atoms with Gasteiger partial charge in [0.05, 0.1) is 11.1 Å². The minimum Gasteiger partial charge on any atom is -0.480 e. The minimum absolute atomic E-state index is 0.0421. The number of rotatable bonds is 8. The zero-order valence-corrected chi connectivity index (χ0v) is 13.4. The molecule has 1 atom stereocenters. The molecule has 0 fully saturated rings. The van der Waals surface area contributed by atoms with Crippen molar-refractivity contribution in [1.29, 1.82) is 0 Å². The molecule has 1 heterocycles. The van der Waals surface area contributed by atoms with Crippen molar-refractivity contribution in [2.24, 2.45) is 0 Å². The predicted molar refractivity (Wildman–Crippen MR) is 83.2 cm³/mol. The van der Waals surface area contributed by atoms with E-state index in [-0.39, 0.29) is 11.3 Å². The maximum Gasteiger partial charge on any atom is 0.321 e. The van der Waals surface area contributed by atoms with Crippen molar-refractivity contribution in [3.05, 3.63) is 36.5 Å². The Bertz CT molecular complexity index is 756. The first-order valence-corrected chi connectivity index (χ1v) is 8.69. The molecule has 0 spiro atoms. The molecule has 0 aliphatic rings. The van der Waals surface area contributed by atoms with Crippen molar-refractivity contribution in [1.82, 2.24) is 9.88 Å². The highest BCUT2D eigenvalue weighted by molar-refractivity contribution is 7.89. The molecule has 0 radical (unpaired) electrons. The highest BCUT2D eigenvalue weighted by Gasteiger charge is 2.27. The summed E-state index contributed by atoms with van der Waals surface area (Å²) in [6, 6.07) is 6.59. The fraction of sp³-hybridized carbons (Fsp3) is 0.333. The lowest BCUT2D eigenvalue weighted by Crippen LogP contribution is -2.40. The number of aliphatic carboxylic acids is 1. The maximum absolute atomic E-state index is 12.6. The Hall–Kier alpha value is -2.19. The van der Waals surface area contributed by atoms with Crippen LogP contribution in [0, 0.1) is 0 Å². The molecule has 0 aliphatic heterocycles. The topological polar surface area (TPSA) is 110 Å². The number of carbonyl (C=O) groups is 1. The zero-order valence-electron chi connectivity index (χ0n) is 12.6. The number of nitrogens with one attached hydrogen (secondary N) is 1. The monoisotopic (exact) mass is 338 g/mol. The molecule has 2 N–H and O–H groups in total. The van der Waals surface area contributed by atoms with Crippen molar-refractivity contribution in [3.8, 4) is 11.3 Å². The third kappa shape index (κ3) is 4.17. The first-order chi connectivity index (χ1) is 11.0. The zero-order chi connectivity index (χ0) is 16.9. The van der Waals surface area contributed by atoms with Gasteiger partial charge < -0.3 is 9.63 Å². The quantitative estimate of drug-likeness (QED) is 0.764. The average molecular weight is 338 g/mol. The van der Waals surface area contributed by atoms with Gasteiger partial charge in [0.25, 0.3) is 0 Å². The Morgan fingerprint density at radius 1 is 1.35 bits per heavy atom. The van der Waals surface area contributed by atoms with Gasteiger partial charge in [-0.1, -0.05) is 37.1 Å². The maximum atomic E-state index is 12.6. The second-order valence-electron chi connectivity index (χ2n) is 5.03. The third-order valence-corrected chi connectivity index (χ3v) is 4.85. The fourth-order valence-corrected chi connectivity index (χ4v) is 3.59. The number of benzene rings is 1. The van der Waals surface area contributed by atoms with Gasteiger partial charge >= 0.3 is 5.97 Å². The van der Waals surface area contributed by atoms with E-state index in [2.05, 4.69) is 9.88 Å². The van der Waals surface area contributed by atoms with Crippen molar-refractivity contribution in [2.45, 2.75) is 37.1 Å². The normalized spacial score (nSPS) is 12.9. The van der Waals surface area contributed by atoms with Gasteiger partial charge in [-0.05, 0) is 18.6 Å². The first kappa shape index (κ1) is 17.2. The minimum atomic E-state index is -4.01. The molecular weight excluding hydrogens is 320 g/mol. The molecule has 8 heteroatoms. The fourth-order valence-electron chi connectivity index (χ4n) is 2.15. The van der Waals surface area contributed by atoms with E-state index in [1.54, 1.807) is 24.3 Å². The number of hydrogen-bond donors (Lipinski definition) is 2. The van der Waals surface area contributed by atoms with Gasteiger partial charge in [-0.2, -0.15) is 4.72 Å². The molecule has 7 nitrogen and oxygen atoms in total. The molecule has 0 amide bonds. The second kappa shape index (κ2) is 7.38. The number of aromatic nitrogens is 1. The predicted octanol–water partition coefficient (Wildman–Crippen LogP) is 2.26. The summed E-state index contributed by atoms with van der Waals surface area (Å²) in [4.78, 5) is 11.2. The standard InChI is InChI=1S/C15H18N2O5S/c1-2-3-7-12(15(18)19)17-23(20,21)14-8-5-4-6-11(14)13-9-10-16-22-13/h4-6,8-10,12,17H,2-3,7H2,1H3,(H,18,19)/t12-/m0/s1. The summed E-state index contributed by atoms with van der Waals surface area (Å²) in [5, 5.41) is 12.8. The molecule has 0 aliphatic carbocycles. The van der Waals surface area contributed by atoms with Crippen molar-refractivity contribution in [2.75, 3.05) is 0 Å². The number of sulfonamides is 1. The summed E-state index contributed by atoms with van der Waals surface area (Å²) < 4.78 is 32.5. The summed E-state index contributed by atoms with van der Waals surface area (Å²) in [6.07, 6.45) is 3.03. The van der Waals surface area contributed by atoms with Crippen LogP contribution in [0.5, 0.6) is 0 Å². The van der Waals surface area contributed by atoms with Crippen LogP contribution in [0.2, 0.25) is 0 Å². The molecule has 2 rings (SSSR count). The summed E-state index contributed by atoms with van der Waals surface area (Å²) in [6.45, 7) is 1.91. The van der Waals surface area contributed by atoms with E-state index >= 15 is 0 Å². The van der Waals surface area contributed by atoms with Crippen LogP contribution < -0.4 is 4.72 Å². The summed E-state index contributed by atoms with van der Waals surface area (Å²) in [5.74, 6) is -0.898. The van der Waals surface area contributed by atoms with Gasteiger partial charge in [-0.3, -0.25) is 4.79 Å². The van der Waals surface area contributed by atoms with Gasteiger partial charge in [0, 0.05) is 11.6 Å². The molecule has 23 heavy (non-hydrogen) atoms. The smallest absolute Gasteiger partial charge is 0.321 e. The molecule has 1 aromatic carbocycles. The van der Waals surface area contributed by atoms with E-state index in [9.17, 15) is 18.3 Å². The molecule has 1 aromatic heterocycles. The van der Waals surface area contributed by atoms with Crippen LogP contribution in [0.15, 0.2) is 45.9 Å². The van der Waals surface area contributed by atoms with E-state index < -0.39 is 22.0 Å². The van der Waals surface area contributed by atoms with Crippen LogP contribution in [0.1, 0.15) is 26.2 Å². The largest absolute Gasteiger partial charge is 0.480 e.